The highest BCUT2D eigenvalue weighted by atomic mass is 16.5. The van der Waals surface area contributed by atoms with Crippen LogP contribution in [-0.4, -0.2) is 50.5 Å². The van der Waals surface area contributed by atoms with E-state index in [1.807, 2.05) is 13.8 Å². The maximum absolute atomic E-state index is 12.4. The molecule has 5 aromatic rings. The van der Waals surface area contributed by atoms with Crippen LogP contribution in [0.3, 0.4) is 0 Å². The number of carbonyl (C=O) groups is 1. The Bertz CT molecular complexity index is 2020. The minimum Gasteiger partial charge on any atom is -0.493 e. The summed E-state index contributed by atoms with van der Waals surface area (Å²) >= 11 is 0. The van der Waals surface area contributed by atoms with Crippen molar-refractivity contribution < 1.29 is 18.8 Å². The Kier molecular flexibility index (Phi) is 11.3. The Morgan fingerprint density at radius 3 is 1.55 bits per heavy atom. The van der Waals surface area contributed by atoms with Crippen molar-refractivity contribution in [1.29, 1.82) is 0 Å². The van der Waals surface area contributed by atoms with Gasteiger partial charge in [-0.3, -0.25) is 4.79 Å². The average Bonchev–Trinajstić information content (AvgIpc) is 4.12. The highest BCUT2D eigenvalue weighted by Crippen LogP contribution is 2.36. The molecule has 0 spiro atoms. The van der Waals surface area contributed by atoms with Gasteiger partial charge in [-0.2, -0.15) is 0 Å². The summed E-state index contributed by atoms with van der Waals surface area (Å²) in [6.07, 6.45) is 6.74. The molecule has 2 saturated carbocycles. The molecule has 2 saturated heterocycles. The minimum atomic E-state index is -0.168. The summed E-state index contributed by atoms with van der Waals surface area (Å²) in [5.74, 6) is 5.04. The van der Waals surface area contributed by atoms with Gasteiger partial charge in [-0.25, -0.2) is 0 Å². The number of amides is 1. The second-order valence-electron chi connectivity index (χ2n) is 16.3. The van der Waals surface area contributed by atoms with Crippen molar-refractivity contribution >= 4 is 17.3 Å². The number of benzene rings is 4. The largest absolute Gasteiger partial charge is 0.493 e. The SMILES string of the molecule is C[C@H](N)c1ccc(C2CN(c3ccc(OCC4CC4)cc3)C2)cc1.Cc1oncc1C(=O)N[C@@H](C)c1ccc(C2CN(c3ccc(OCC4CC4)cc3)C2)cc1. The molecule has 1 amide bonds. The van der Waals surface area contributed by atoms with E-state index in [9.17, 15) is 4.79 Å². The Hall–Kier alpha value is -5.28. The number of anilines is 2. The van der Waals surface area contributed by atoms with Gasteiger partial charge in [-0.15, -0.1) is 0 Å². The van der Waals surface area contributed by atoms with Gasteiger partial charge in [0.25, 0.3) is 5.91 Å². The number of nitrogens with zero attached hydrogens (tertiary/aromatic N) is 3. The molecule has 56 heavy (non-hydrogen) atoms. The van der Waals surface area contributed by atoms with Crippen LogP contribution in [0.5, 0.6) is 11.5 Å². The van der Waals surface area contributed by atoms with E-state index in [0.29, 0.717) is 23.2 Å². The summed E-state index contributed by atoms with van der Waals surface area (Å²) in [5.41, 5.74) is 14.0. The molecule has 292 valence electrons. The van der Waals surface area contributed by atoms with Crippen LogP contribution in [0.2, 0.25) is 0 Å². The molecule has 9 heteroatoms. The van der Waals surface area contributed by atoms with Crippen molar-refractivity contribution in [1.82, 2.24) is 10.5 Å². The van der Waals surface area contributed by atoms with Crippen LogP contribution in [0, 0.1) is 18.8 Å². The molecular weight excluding hydrogens is 699 g/mol. The molecule has 0 unspecified atom stereocenters. The normalized spacial score (nSPS) is 17.9. The van der Waals surface area contributed by atoms with E-state index < -0.39 is 0 Å². The summed E-state index contributed by atoms with van der Waals surface area (Å²) in [6.45, 7) is 11.7. The molecule has 9 rings (SSSR count). The number of aromatic nitrogens is 1. The van der Waals surface area contributed by atoms with Crippen molar-refractivity contribution in [2.45, 2.75) is 70.4 Å². The van der Waals surface area contributed by atoms with E-state index in [1.165, 1.54) is 59.9 Å². The second kappa shape index (κ2) is 16.8. The third-order valence-corrected chi connectivity index (χ3v) is 11.7. The van der Waals surface area contributed by atoms with E-state index in [2.05, 4.69) is 117 Å². The highest BCUT2D eigenvalue weighted by Gasteiger charge is 2.30. The van der Waals surface area contributed by atoms with E-state index in [4.69, 9.17) is 19.7 Å². The van der Waals surface area contributed by atoms with Crippen LogP contribution in [0.25, 0.3) is 0 Å². The fraction of sp³-hybridized carbons (Fsp3) is 0.404. The average molecular weight is 754 g/mol. The first-order chi connectivity index (χ1) is 27.3. The second-order valence-corrected chi connectivity index (χ2v) is 16.3. The van der Waals surface area contributed by atoms with Crippen LogP contribution in [0.1, 0.15) is 102 Å². The van der Waals surface area contributed by atoms with Crippen molar-refractivity contribution in [2.24, 2.45) is 17.6 Å². The van der Waals surface area contributed by atoms with Gasteiger partial charge in [-0.1, -0.05) is 53.7 Å². The smallest absolute Gasteiger partial charge is 0.256 e. The molecule has 4 aliphatic rings. The lowest BCUT2D eigenvalue weighted by Crippen LogP contribution is -2.45. The first kappa shape index (κ1) is 37.6. The molecular formula is C47H55N5O4. The zero-order chi connectivity index (χ0) is 38.6. The van der Waals surface area contributed by atoms with Gasteiger partial charge in [0.2, 0.25) is 0 Å². The third kappa shape index (κ3) is 9.39. The Morgan fingerprint density at radius 1 is 0.714 bits per heavy atom. The molecule has 3 N–H and O–H groups in total. The number of aryl methyl sites for hydroxylation is 1. The van der Waals surface area contributed by atoms with E-state index in [0.717, 1.165) is 68.3 Å². The Morgan fingerprint density at radius 2 is 1.16 bits per heavy atom. The highest BCUT2D eigenvalue weighted by molar-refractivity contribution is 5.95. The quantitative estimate of drug-likeness (QED) is 0.116. The third-order valence-electron chi connectivity index (χ3n) is 11.7. The zero-order valence-electron chi connectivity index (χ0n) is 32.9. The maximum Gasteiger partial charge on any atom is 0.256 e. The molecule has 9 nitrogen and oxygen atoms in total. The monoisotopic (exact) mass is 753 g/mol. The van der Waals surface area contributed by atoms with Crippen LogP contribution in [-0.2, 0) is 0 Å². The summed E-state index contributed by atoms with van der Waals surface area (Å²) < 4.78 is 16.6. The maximum atomic E-state index is 12.4. The molecule has 2 aliphatic heterocycles. The number of nitrogens with two attached hydrogens (primary N) is 1. The number of carbonyl (C=O) groups excluding carboxylic acids is 1. The van der Waals surface area contributed by atoms with Gasteiger partial charge < -0.3 is 34.8 Å². The summed E-state index contributed by atoms with van der Waals surface area (Å²) in [5, 5.41) is 6.68. The molecule has 1 aromatic heterocycles. The fourth-order valence-electron chi connectivity index (χ4n) is 7.31. The molecule has 2 aliphatic carbocycles. The summed E-state index contributed by atoms with van der Waals surface area (Å²) in [7, 11) is 0. The lowest BCUT2D eigenvalue weighted by atomic mass is 9.90. The molecule has 3 heterocycles. The molecule has 4 fully saturated rings. The lowest BCUT2D eigenvalue weighted by molar-refractivity contribution is 0.0938. The number of ether oxygens (including phenoxy) is 2. The van der Waals surface area contributed by atoms with Gasteiger partial charge in [0.15, 0.2) is 0 Å². The lowest BCUT2D eigenvalue weighted by Gasteiger charge is -2.41. The number of hydrogen-bond acceptors (Lipinski definition) is 8. The molecule has 4 aromatic carbocycles. The zero-order valence-corrected chi connectivity index (χ0v) is 32.9. The Labute approximate surface area is 331 Å². The Balaban J connectivity index is 0.000000164. The first-order valence-electron chi connectivity index (χ1n) is 20.4. The van der Waals surface area contributed by atoms with E-state index >= 15 is 0 Å². The van der Waals surface area contributed by atoms with Gasteiger partial charge in [0, 0.05) is 55.4 Å². The van der Waals surface area contributed by atoms with E-state index in [1.54, 1.807) is 6.92 Å². The molecule has 2 atom stereocenters. The number of rotatable bonds is 14. The van der Waals surface area contributed by atoms with Crippen LogP contribution in [0.15, 0.2) is 108 Å². The van der Waals surface area contributed by atoms with Crippen LogP contribution < -0.4 is 30.3 Å². The summed E-state index contributed by atoms with van der Waals surface area (Å²) in [6, 6.07) is 34.4. The topological polar surface area (TPSA) is 106 Å². The minimum absolute atomic E-state index is 0.0932. The molecule has 0 bridgehead atoms. The number of hydrogen-bond donors (Lipinski definition) is 2. The van der Waals surface area contributed by atoms with E-state index in [-0.39, 0.29) is 18.0 Å². The predicted octanol–water partition coefficient (Wildman–Crippen LogP) is 8.97. The van der Waals surface area contributed by atoms with Crippen molar-refractivity contribution in [2.75, 3.05) is 49.2 Å². The van der Waals surface area contributed by atoms with Crippen LogP contribution in [0.4, 0.5) is 11.4 Å². The molecule has 0 radical (unpaired) electrons. The van der Waals surface area contributed by atoms with Gasteiger partial charge in [0.05, 0.1) is 25.5 Å². The van der Waals surface area contributed by atoms with Crippen molar-refractivity contribution in [3.8, 4) is 11.5 Å². The van der Waals surface area contributed by atoms with Gasteiger partial charge >= 0.3 is 0 Å². The van der Waals surface area contributed by atoms with Gasteiger partial charge in [-0.05, 0) is 129 Å². The summed E-state index contributed by atoms with van der Waals surface area (Å²) in [4.78, 5) is 17.2. The fourth-order valence-corrected chi connectivity index (χ4v) is 7.31. The van der Waals surface area contributed by atoms with Crippen molar-refractivity contribution in [3.63, 3.8) is 0 Å². The van der Waals surface area contributed by atoms with Crippen LogP contribution >= 0.6 is 0 Å². The predicted molar refractivity (Wildman–Crippen MR) is 222 cm³/mol. The van der Waals surface area contributed by atoms with Gasteiger partial charge in [0.1, 0.15) is 22.8 Å². The number of nitrogens with one attached hydrogen (secondary N) is 1. The van der Waals surface area contributed by atoms with Crippen molar-refractivity contribution in [3.05, 3.63) is 137 Å². The first-order valence-corrected chi connectivity index (χ1v) is 20.4. The standard InChI is InChI=1S/C26H29N3O3.C21H26N2O/c1-17(28-26(30)25-13-27-32-18(25)2)20-5-7-21(8-6-20)22-14-29(15-22)23-9-11-24(12-10-23)31-16-19-3-4-19;1-15(22)17-4-6-18(7-5-17)19-12-23(13-19)20-8-10-21(11-9-20)24-14-16-2-3-16/h5-13,17,19,22H,3-4,14-16H2,1-2H3,(H,28,30);4-11,15-16,19H,2-3,12-14,22H2,1H3/t17-;15-/m00/s1.